The minimum atomic E-state index is -0.740. The first-order valence-corrected chi connectivity index (χ1v) is 10.4. The number of amides is 2. The number of carbonyl (C=O) groups is 2. The van der Waals surface area contributed by atoms with Crippen molar-refractivity contribution in [2.45, 2.75) is 25.3 Å². The van der Waals surface area contributed by atoms with Gasteiger partial charge >= 0.3 is 0 Å². The van der Waals surface area contributed by atoms with E-state index in [1.165, 1.54) is 12.3 Å². The molecule has 1 spiro atoms. The summed E-state index contributed by atoms with van der Waals surface area (Å²) in [5.41, 5.74) is 3.44. The van der Waals surface area contributed by atoms with Crippen LogP contribution in [0, 0.1) is 6.92 Å². The number of aromatic nitrogens is 1. The summed E-state index contributed by atoms with van der Waals surface area (Å²) in [5.74, 6) is -0.177. The van der Waals surface area contributed by atoms with Crippen molar-refractivity contribution in [2.24, 2.45) is 0 Å². The molecule has 0 saturated carbocycles. The van der Waals surface area contributed by atoms with Crippen LogP contribution in [-0.2, 0) is 16.8 Å². The summed E-state index contributed by atoms with van der Waals surface area (Å²) in [6.45, 7) is 3.35. The Morgan fingerprint density at radius 2 is 1.84 bits per heavy atom. The number of rotatable bonds is 3. The number of pyridine rings is 1. The Hall–Kier alpha value is -3.67. The minimum absolute atomic E-state index is 0.0400. The molecule has 1 unspecified atom stereocenters. The normalized spacial score (nSPS) is 19.8. The van der Waals surface area contributed by atoms with Crippen molar-refractivity contribution < 1.29 is 9.59 Å². The number of carbonyl (C=O) groups excluding carboxylic acids is 2. The van der Waals surface area contributed by atoms with E-state index >= 15 is 0 Å². The monoisotopic (exact) mass is 413 g/mol. The van der Waals surface area contributed by atoms with Gasteiger partial charge in [0.2, 0.25) is 11.5 Å². The third kappa shape index (κ3) is 3.06. The molecule has 2 aromatic carbocycles. The molecule has 1 saturated heterocycles. The predicted molar refractivity (Wildman–Crippen MR) is 118 cm³/mol. The largest absolute Gasteiger partial charge is 0.337 e. The molecule has 1 aromatic heterocycles. The number of likely N-dealkylation sites (tertiary alicyclic amines) is 1. The zero-order valence-corrected chi connectivity index (χ0v) is 17.3. The van der Waals surface area contributed by atoms with Crippen LogP contribution in [0.4, 0.5) is 5.69 Å². The average molecular weight is 413 g/mol. The van der Waals surface area contributed by atoms with Crippen LogP contribution >= 0.6 is 0 Å². The number of anilines is 1. The maximum atomic E-state index is 13.8. The quantitative estimate of drug-likeness (QED) is 0.717. The SMILES string of the molecule is Cc1ccccc1CN1C(=O)C2(CCN(C(=O)c3cc[nH]c(=O)c3)C2)c2ccccc21. The lowest BCUT2D eigenvalue weighted by molar-refractivity contribution is -0.122. The second kappa shape index (κ2) is 7.23. The highest BCUT2D eigenvalue weighted by molar-refractivity contribution is 6.09. The van der Waals surface area contributed by atoms with Crippen LogP contribution in [0.2, 0.25) is 0 Å². The summed E-state index contributed by atoms with van der Waals surface area (Å²) in [4.78, 5) is 44.5. The lowest BCUT2D eigenvalue weighted by Gasteiger charge is -2.25. The van der Waals surface area contributed by atoms with Crippen LogP contribution in [0.5, 0.6) is 0 Å². The number of aryl methyl sites for hydroxylation is 1. The van der Waals surface area contributed by atoms with E-state index in [1.54, 1.807) is 11.0 Å². The van der Waals surface area contributed by atoms with Crippen molar-refractivity contribution >= 4 is 17.5 Å². The zero-order valence-electron chi connectivity index (χ0n) is 17.3. The van der Waals surface area contributed by atoms with E-state index < -0.39 is 5.41 Å². The van der Waals surface area contributed by atoms with Crippen LogP contribution in [0.25, 0.3) is 0 Å². The summed E-state index contributed by atoms with van der Waals surface area (Å²) in [6, 6.07) is 18.9. The van der Waals surface area contributed by atoms with Crippen molar-refractivity contribution in [1.82, 2.24) is 9.88 Å². The van der Waals surface area contributed by atoms with Crippen LogP contribution in [0.1, 0.15) is 33.5 Å². The van der Waals surface area contributed by atoms with Gasteiger partial charge in [-0.25, -0.2) is 0 Å². The molecule has 156 valence electrons. The summed E-state index contributed by atoms with van der Waals surface area (Å²) in [6.07, 6.45) is 2.05. The smallest absolute Gasteiger partial charge is 0.254 e. The molecule has 6 heteroatoms. The van der Waals surface area contributed by atoms with E-state index in [9.17, 15) is 14.4 Å². The third-order valence-electron chi connectivity index (χ3n) is 6.53. The molecule has 31 heavy (non-hydrogen) atoms. The van der Waals surface area contributed by atoms with E-state index in [0.29, 0.717) is 31.6 Å². The van der Waals surface area contributed by atoms with Gasteiger partial charge in [0.25, 0.3) is 5.91 Å². The Morgan fingerprint density at radius 3 is 2.65 bits per heavy atom. The Balaban J connectivity index is 1.48. The van der Waals surface area contributed by atoms with Gasteiger partial charge in [0.05, 0.1) is 12.0 Å². The predicted octanol–water partition coefficient (Wildman–Crippen LogP) is 3.01. The topological polar surface area (TPSA) is 73.5 Å². The van der Waals surface area contributed by atoms with Crippen LogP contribution in [0.15, 0.2) is 71.7 Å². The number of H-pyrrole nitrogens is 1. The molecule has 5 rings (SSSR count). The third-order valence-corrected chi connectivity index (χ3v) is 6.53. The Morgan fingerprint density at radius 1 is 1.06 bits per heavy atom. The van der Waals surface area contributed by atoms with Gasteiger partial charge in [-0.15, -0.1) is 0 Å². The van der Waals surface area contributed by atoms with Gasteiger partial charge in [-0.2, -0.15) is 0 Å². The minimum Gasteiger partial charge on any atom is -0.337 e. The molecule has 0 radical (unpaired) electrons. The summed E-state index contributed by atoms with van der Waals surface area (Å²) < 4.78 is 0. The lowest BCUT2D eigenvalue weighted by Crippen LogP contribution is -2.43. The molecule has 2 amide bonds. The van der Waals surface area contributed by atoms with E-state index in [4.69, 9.17) is 0 Å². The summed E-state index contributed by atoms with van der Waals surface area (Å²) in [7, 11) is 0. The van der Waals surface area contributed by atoms with E-state index in [1.807, 2.05) is 47.4 Å². The fraction of sp³-hybridized carbons (Fsp3) is 0.240. The Labute approximate surface area is 180 Å². The molecule has 0 aliphatic carbocycles. The Kier molecular flexibility index (Phi) is 4.50. The molecule has 6 nitrogen and oxygen atoms in total. The first-order valence-electron chi connectivity index (χ1n) is 10.4. The number of hydrogen-bond donors (Lipinski definition) is 1. The number of aromatic amines is 1. The lowest BCUT2D eigenvalue weighted by atomic mass is 9.81. The summed E-state index contributed by atoms with van der Waals surface area (Å²) in [5, 5.41) is 0. The Bertz CT molecular complexity index is 1250. The van der Waals surface area contributed by atoms with Crippen molar-refractivity contribution in [1.29, 1.82) is 0 Å². The average Bonchev–Trinajstić information content (AvgIpc) is 3.32. The van der Waals surface area contributed by atoms with Gasteiger partial charge in [0.15, 0.2) is 0 Å². The number of fused-ring (bicyclic) bond motifs is 2. The van der Waals surface area contributed by atoms with Crippen molar-refractivity contribution in [3.05, 3.63) is 99.5 Å². The van der Waals surface area contributed by atoms with Gasteiger partial charge in [-0.1, -0.05) is 42.5 Å². The maximum Gasteiger partial charge on any atom is 0.254 e. The highest BCUT2D eigenvalue weighted by Gasteiger charge is 2.55. The fourth-order valence-electron chi connectivity index (χ4n) is 4.85. The van der Waals surface area contributed by atoms with Gasteiger partial charge < -0.3 is 14.8 Å². The molecular formula is C25H23N3O3. The van der Waals surface area contributed by atoms with E-state index in [-0.39, 0.29) is 17.4 Å². The number of benzene rings is 2. The maximum absolute atomic E-state index is 13.8. The molecular weight excluding hydrogens is 390 g/mol. The van der Waals surface area contributed by atoms with Gasteiger partial charge in [-0.05, 0) is 42.2 Å². The second-order valence-electron chi connectivity index (χ2n) is 8.34. The second-order valence-corrected chi connectivity index (χ2v) is 8.34. The highest BCUT2D eigenvalue weighted by atomic mass is 16.2. The number of nitrogens with zero attached hydrogens (tertiary/aromatic N) is 2. The molecule has 2 aliphatic rings. The number of para-hydroxylation sites is 1. The standard InChI is InChI=1S/C25H23N3O3/c1-17-6-2-3-7-19(17)15-28-21-9-5-4-8-20(21)25(24(28)31)11-13-27(16-25)23(30)18-10-12-26-22(29)14-18/h2-10,12,14H,11,13,15-16H2,1H3,(H,26,29). The van der Waals surface area contributed by atoms with E-state index in [2.05, 4.69) is 18.0 Å². The number of hydrogen-bond acceptors (Lipinski definition) is 3. The van der Waals surface area contributed by atoms with Crippen LogP contribution in [0.3, 0.4) is 0 Å². The first kappa shape index (κ1) is 19.3. The van der Waals surface area contributed by atoms with Gasteiger partial charge in [0.1, 0.15) is 0 Å². The van der Waals surface area contributed by atoms with Gasteiger partial charge in [0, 0.05) is 36.6 Å². The molecule has 0 bridgehead atoms. The van der Waals surface area contributed by atoms with Crippen LogP contribution in [-0.4, -0.2) is 34.8 Å². The number of nitrogens with one attached hydrogen (secondary N) is 1. The summed E-state index contributed by atoms with van der Waals surface area (Å²) >= 11 is 0. The van der Waals surface area contributed by atoms with Crippen LogP contribution < -0.4 is 10.5 Å². The van der Waals surface area contributed by atoms with Gasteiger partial charge in [-0.3, -0.25) is 14.4 Å². The molecule has 1 fully saturated rings. The highest BCUT2D eigenvalue weighted by Crippen LogP contribution is 2.48. The molecule has 2 aliphatic heterocycles. The molecule has 3 aromatic rings. The zero-order chi connectivity index (χ0) is 21.6. The van der Waals surface area contributed by atoms with Crippen molar-refractivity contribution in [3.63, 3.8) is 0 Å². The van der Waals surface area contributed by atoms with Crippen molar-refractivity contribution in [3.8, 4) is 0 Å². The van der Waals surface area contributed by atoms with E-state index in [0.717, 1.165) is 22.4 Å². The molecule has 1 N–H and O–H groups in total. The van der Waals surface area contributed by atoms with Crippen molar-refractivity contribution in [2.75, 3.05) is 18.0 Å². The fourth-order valence-corrected chi connectivity index (χ4v) is 4.85. The first-order chi connectivity index (χ1) is 15.0. The molecule has 3 heterocycles. The molecule has 1 atom stereocenters.